The Morgan fingerprint density at radius 1 is 1.36 bits per heavy atom. The molecule has 0 rings (SSSR count). The number of hydrogen-bond acceptors (Lipinski definition) is 3. The Hall–Kier alpha value is -0.450. The van der Waals surface area contributed by atoms with Crippen LogP contribution in [0.1, 0.15) is 19.3 Å². The minimum absolute atomic E-state index is 0.0469. The molecular formula is C7H13O5PS. The summed E-state index contributed by atoms with van der Waals surface area (Å²) in [5, 5.41) is 17.0. The second-order valence-corrected chi connectivity index (χ2v) is 5.53. The number of carbonyl (C=O) groups is 2. The first-order valence-corrected chi connectivity index (χ1v) is 6.88. The Bertz CT molecular complexity index is 242. The molecule has 0 saturated carbocycles. The van der Waals surface area contributed by atoms with E-state index in [1.165, 1.54) is 0 Å². The average Bonchev–Trinajstić information content (AvgIpc) is 2.00. The molecule has 14 heavy (non-hydrogen) atoms. The molecule has 0 aliphatic carbocycles. The molecule has 2 unspecified atom stereocenters. The van der Waals surface area contributed by atoms with Gasteiger partial charge in [-0.2, -0.15) is 0 Å². The van der Waals surface area contributed by atoms with Gasteiger partial charge in [0.15, 0.2) is 0 Å². The van der Waals surface area contributed by atoms with Crippen LogP contribution < -0.4 is 0 Å². The van der Waals surface area contributed by atoms with Gasteiger partial charge in [0.1, 0.15) is 0 Å². The fourth-order valence-corrected chi connectivity index (χ4v) is 2.43. The van der Waals surface area contributed by atoms with Crippen molar-refractivity contribution < 1.29 is 24.7 Å². The molecule has 82 valence electrons. The lowest BCUT2D eigenvalue weighted by Gasteiger charge is -2.09. The summed E-state index contributed by atoms with van der Waals surface area (Å²) in [6.07, 6.45) is 0.605. The van der Waals surface area contributed by atoms with Crippen molar-refractivity contribution in [2.45, 2.75) is 19.3 Å². The fraction of sp³-hybridized carbons (Fsp3) is 0.714. The smallest absolute Gasteiger partial charge is 0.306 e. The van der Waals surface area contributed by atoms with Gasteiger partial charge in [0, 0.05) is 12.6 Å². The highest BCUT2D eigenvalue weighted by Gasteiger charge is 2.18. The number of rotatable bonds is 7. The zero-order valence-electron chi connectivity index (χ0n) is 7.47. The van der Waals surface area contributed by atoms with E-state index in [0.717, 1.165) is 0 Å². The third-order valence-electron chi connectivity index (χ3n) is 1.71. The molecule has 0 aromatic rings. The molecule has 0 aromatic carbocycles. The van der Waals surface area contributed by atoms with E-state index in [0.29, 0.717) is 6.42 Å². The van der Waals surface area contributed by atoms with Crippen molar-refractivity contribution in [1.29, 1.82) is 0 Å². The molecule has 0 heterocycles. The summed E-state index contributed by atoms with van der Waals surface area (Å²) in [6.45, 7) is -1.97. The van der Waals surface area contributed by atoms with Crippen LogP contribution in [-0.2, 0) is 21.4 Å². The van der Waals surface area contributed by atoms with Gasteiger partial charge in [-0.15, -0.1) is 0 Å². The monoisotopic (exact) mass is 240 g/mol. The van der Waals surface area contributed by atoms with Crippen LogP contribution in [0, 0.1) is 5.92 Å². The molecule has 0 aliphatic rings. The van der Waals surface area contributed by atoms with Gasteiger partial charge in [0.25, 0.3) is 0 Å². The summed E-state index contributed by atoms with van der Waals surface area (Å²) in [5.74, 6) is -2.66. The highest BCUT2D eigenvalue weighted by Crippen LogP contribution is 2.22. The molecular weight excluding hydrogens is 227 g/mol. The second-order valence-electron chi connectivity index (χ2n) is 2.92. The maximum absolute atomic E-state index is 10.6. The quantitative estimate of drug-likeness (QED) is 0.562. The third kappa shape index (κ3) is 7.00. The van der Waals surface area contributed by atoms with Crippen LogP contribution in [0.2, 0.25) is 0 Å². The standard InChI is InChI=1S/C7H13O5PS/c8-6(9)3-1-2-5(7(10)11)4-13(12)14/h5,13H,1-4H2,(H,8,9)(H,10,11)(H,12,14). The van der Waals surface area contributed by atoms with Crippen LogP contribution >= 0.6 is 6.92 Å². The van der Waals surface area contributed by atoms with Gasteiger partial charge in [-0.3, -0.25) is 9.59 Å². The maximum atomic E-state index is 10.6. The van der Waals surface area contributed by atoms with Gasteiger partial charge >= 0.3 is 11.9 Å². The van der Waals surface area contributed by atoms with Crippen LogP contribution in [-0.4, -0.2) is 33.2 Å². The van der Waals surface area contributed by atoms with Crippen molar-refractivity contribution in [3.05, 3.63) is 0 Å². The second kappa shape index (κ2) is 6.92. The van der Waals surface area contributed by atoms with Gasteiger partial charge in [0.05, 0.1) is 12.8 Å². The van der Waals surface area contributed by atoms with Crippen LogP contribution in [0.5, 0.6) is 0 Å². The minimum Gasteiger partial charge on any atom is -0.481 e. The van der Waals surface area contributed by atoms with Gasteiger partial charge in [0.2, 0.25) is 0 Å². The molecule has 0 saturated heterocycles. The average molecular weight is 240 g/mol. The number of aliphatic carboxylic acids is 2. The first-order valence-electron chi connectivity index (χ1n) is 4.10. The zero-order valence-corrected chi connectivity index (χ0v) is 9.29. The van der Waals surface area contributed by atoms with Crippen molar-refractivity contribution in [3.8, 4) is 0 Å². The van der Waals surface area contributed by atoms with Crippen molar-refractivity contribution in [2.75, 3.05) is 6.16 Å². The number of hydrogen-bond donors (Lipinski definition) is 3. The topological polar surface area (TPSA) is 94.8 Å². The van der Waals surface area contributed by atoms with Crippen molar-refractivity contribution in [3.63, 3.8) is 0 Å². The van der Waals surface area contributed by atoms with Crippen LogP contribution in [0.4, 0.5) is 0 Å². The molecule has 0 fully saturated rings. The third-order valence-corrected chi connectivity index (χ3v) is 3.06. The first kappa shape index (κ1) is 13.5. The summed E-state index contributed by atoms with van der Waals surface area (Å²) < 4.78 is 0. The molecule has 0 bridgehead atoms. The Morgan fingerprint density at radius 3 is 2.29 bits per heavy atom. The van der Waals surface area contributed by atoms with E-state index >= 15 is 0 Å². The molecule has 0 aromatic heterocycles. The predicted octanol–water partition coefficient (Wildman–Crippen LogP) is 0.525. The molecule has 0 radical (unpaired) electrons. The van der Waals surface area contributed by atoms with E-state index in [9.17, 15) is 9.59 Å². The predicted molar refractivity (Wildman–Crippen MR) is 55.4 cm³/mol. The van der Waals surface area contributed by atoms with Crippen LogP contribution in [0.15, 0.2) is 0 Å². The highest BCUT2D eigenvalue weighted by atomic mass is 32.4. The summed E-state index contributed by atoms with van der Waals surface area (Å²) in [6, 6.07) is 0. The van der Waals surface area contributed by atoms with E-state index < -0.39 is 24.8 Å². The summed E-state index contributed by atoms with van der Waals surface area (Å²) in [5.41, 5.74) is 0. The Balaban J connectivity index is 3.91. The summed E-state index contributed by atoms with van der Waals surface area (Å²) >= 11 is 4.55. The molecule has 5 nitrogen and oxygen atoms in total. The van der Waals surface area contributed by atoms with Gasteiger partial charge in [-0.1, -0.05) is 11.8 Å². The normalized spacial score (nSPS) is 14.6. The van der Waals surface area contributed by atoms with Gasteiger partial charge < -0.3 is 15.1 Å². The lowest BCUT2D eigenvalue weighted by molar-refractivity contribution is -0.142. The Kier molecular flexibility index (Phi) is 6.70. The molecule has 2 atom stereocenters. The Morgan fingerprint density at radius 2 is 1.93 bits per heavy atom. The van der Waals surface area contributed by atoms with E-state index in [1.54, 1.807) is 0 Å². The van der Waals surface area contributed by atoms with Crippen molar-refractivity contribution in [1.82, 2.24) is 0 Å². The number of carboxylic acid groups (broad SMARTS) is 2. The fourth-order valence-electron chi connectivity index (χ4n) is 1.02. The molecule has 3 N–H and O–H groups in total. The van der Waals surface area contributed by atoms with Crippen molar-refractivity contribution >= 4 is 30.7 Å². The summed E-state index contributed by atoms with van der Waals surface area (Å²) in [4.78, 5) is 29.7. The van der Waals surface area contributed by atoms with E-state index in [2.05, 4.69) is 11.8 Å². The molecule has 7 heteroatoms. The highest BCUT2D eigenvalue weighted by molar-refractivity contribution is 8.02. The zero-order chi connectivity index (χ0) is 11.1. The van der Waals surface area contributed by atoms with Crippen LogP contribution in [0.3, 0.4) is 0 Å². The largest absolute Gasteiger partial charge is 0.481 e. The lowest BCUT2D eigenvalue weighted by atomic mass is 10.0. The Labute approximate surface area is 87.3 Å². The maximum Gasteiger partial charge on any atom is 0.306 e. The van der Waals surface area contributed by atoms with Crippen molar-refractivity contribution in [2.24, 2.45) is 5.92 Å². The lowest BCUT2D eigenvalue weighted by Crippen LogP contribution is -2.16. The summed E-state index contributed by atoms with van der Waals surface area (Å²) in [7, 11) is 0. The van der Waals surface area contributed by atoms with E-state index in [-0.39, 0.29) is 19.0 Å². The number of carboxylic acids is 2. The molecule has 0 aliphatic heterocycles. The van der Waals surface area contributed by atoms with Crippen LogP contribution in [0.25, 0.3) is 0 Å². The minimum atomic E-state index is -1.97. The van der Waals surface area contributed by atoms with E-state index in [4.69, 9.17) is 15.1 Å². The SMILES string of the molecule is O=C(O)CCCC(C[PH](O)=S)C(=O)O. The van der Waals surface area contributed by atoms with Gasteiger partial charge in [-0.25, -0.2) is 0 Å². The van der Waals surface area contributed by atoms with Gasteiger partial charge in [-0.05, 0) is 12.8 Å². The molecule has 0 amide bonds. The van der Waals surface area contributed by atoms with E-state index in [1.807, 2.05) is 0 Å². The molecule has 0 spiro atoms. The first-order chi connectivity index (χ1) is 6.43.